The quantitative estimate of drug-likeness (QED) is 0.137. The molecule has 0 saturated heterocycles. The van der Waals surface area contributed by atoms with E-state index in [1.165, 1.54) is 19.1 Å². The van der Waals surface area contributed by atoms with Gasteiger partial charge >= 0.3 is 5.97 Å². The Morgan fingerprint density at radius 2 is 1.52 bits per heavy atom. The molecule has 0 aliphatic carbocycles. The number of hydrogen-bond acceptors (Lipinski definition) is 7. The number of aromatic amines is 1. The third kappa shape index (κ3) is 8.30. The van der Waals surface area contributed by atoms with Crippen LogP contribution in [0, 0.1) is 5.92 Å². The number of carboxylic acid groups (broad SMARTS) is 1. The maximum Gasteiger partial charge on any atom is 0.326 e. The van der Waals surface area contributed by atoms with Crippen molar-refractivity contribution in [1.82, 2.24) is 20.9 Å². The summed E-state index contributed by atoms with van der Waals surface area (Å²) in [5.41, 5.74) is 8.06. The molecule has 9 N–H and O–H groups in total. The van der Waals surface area contributed by atoms with Crippen LogP contribution in [0.3, 0.4) is 0 Å². The number of phenols is 1. The Morgan fingerprint density at radius 3 is 2.14 bits per heavy atom. The molecule has 0 saturated carbocycles. The number of aromatic nitrogens is 1. The SMILES string of the molecule is CCC(C)C(N)C(=O)NC(C(=O)NC(Cc1ccc(O)cc1)C(=O)NC(Cc1c[nH]c2ccccc12)C(=O)O)C(C)O. The normalized spacial score (nSPS) is 15.5. The number of para-hydroxylation sites is 1. The number of aliphatic hydroxyl groups excluding tert-OH is 1. The molecule has 3 rings (SSSR count). The second kappa shape index (κ2) is 14.5. The van der Waals surface area contributed by atoms with Gasteiger partial charge in [-0.05, 0) is 42.2 Å². The monoisotopic (exact) mass is 581 g/mol. The van der Waals surface area contributed by atoms with Crippen LogP contribution in [-0.2, 0) is 32.0 Å². The summed E-state index contributed by atoms with van der Waals surface area (Å²) in [6.07, 6.45) is 0.888. The number of aromatic hydroxyl groups is 1. The Morgan fingerprint density at radius 1 is 0.881 bits per heavy atom. The van der Waals surface area contributed by atoms with Gasteiger partial charge in [-0.15, -0.1) is 0 Å². The highest BCUT2D eigenvalue weighted by molar-refractivity contribution is 5.95. The molecule has 226 valence electrons. The van der Waals surface area contributed by atoms with Crippen molar-refractivity contribution in [2.75, 3.05) is 0 Å². The van der Waals surface area contributed by atoms with Crippen molar-refractivity contribution in [3.63, 3.8) is 0 Å². The number of H-pyrrole nitrogens is 1. The second-order valence-electron chi connectivity index (χ2n) is 10.5. The number of benzene rings is 2. The number of carbonyl (C=O) groups is 4. The van der Waals surface area contributed by atoms with Gasteiger partial charge in [-0.2, -0.15) is 0 Å². The molecule has 6 unspecified atom stereocenters. The lowest BCUT2D eigenvalue weighted by molar-refractivity contribution is -0.142. The molecule has 0 aliphatic rings. The van der Waals surface area contributed by atoms with Crippen LogP contribution >= 0.6 is 0 Å². The topological polar surface area (TPSA) is 207 Å². The molecule has 3 amide bonds. The average Bonchev–Trinajstić information content (AvgIpc) is 3.37. The Kier molecular flexibility index (Phi) is 11.1. The van der Waals surface area contributed by atoms with E-state index < -0.39 is 54.0 Å². The van der Waals surface area contributed by atoms with Crippen LogP contribution in [0.15, 0.2) is 54.7 Å². The summed E-state index contributed by atoms with van der Waals surface area (Å²) in [5.74, 6) is -3.71. The zero-order valence-corrected chi connectivity index (χ0v) is 23.8. The van der Waals surface area contributed by atoms with Gasteiger partial charge in [0.15, 0.2) is 0 Å². The van der Waals surface area contributed by atoms with Crippen molar-refractivity contribution in [2.45, 2.75) is 70.3 Å². The van der Waals surface area contributed by atoms with Gasteiger partial charge in [0, 0.05) is 29.9 Å². The average molecular weight is 582 g/mol. The number of fused-ring (bicyclic) bond motifs is 1. The zero-order chi connectivity index (χ0) is 31.0. The number of carboxylic acids is 1. The van der Waals surface area contributed by atoms with Crippen LogP contribution in [0.2, 0.25) is 0 Å². The van der Waals surface area contributed by atoms with E-state index in [2.05, 4.69) is 20.9 Å². The lowest BCUT2D eigenvalue weighted by Crippen LogP contribution is -2.60. The first-order valence-electron chi connectivity index (χ1n) is 13.8. The van der Waals surface area contributed by atoms with Gasteiger partial charge in [-0.25, -0.2) is 4.79 Å². The van der Waals surface area contributed by atoms with Crippen molar-refractivity contribution in [1.29, 1.82) is 0 Å². The molecule has 0 radical (unpaired) electrons. The zero-order valence-electron chi connectivity index (χ0n) is 23.8. The van der Waals surface area contributed by atoms with Crippen molar-refractivity contribution in [3.8, 4) is 5.75 Å². The lowest BCUT2D eigenvalue weighted by Gasteiger charge is -2.27. The van der Waals surface area contributed by atoms with Crippen LogP contribution in [0.1, 0.15) is 38.3 Å². The highest BCUT2D eigenvalue weighted by Crippen LogP contribution is 2.19. The van der Waals surface area contributed by atoms with E-state index in [-0.39, 0.29) is 24.5 Å². The molecule has 3 aromatic rings. The van der Waals surface area contributed by atoms with Crippen molar-refractivity contribution in [3.05, 3.63) is 65.9 Å². The molecule has 0 spiro atoms. The molecule has 1 heterocycles. The fourth-order valence-electron chi connectivity index (χ4n) is 4.50. The van der Waals surface area contributed by atoms with Crippen LogP contribution in [0.5, 0.6) is 5.75 Å². The van der Waals surface area contributed by atoms with Crippen LogP contribution in [0.4, 0.5) is 0 Å². The van der Waals surface area contributed by atoms with E-state index in [0.29, 0.717) is 17.5 Å². The van der Waals surface area contributed by atoms with Crippen molar-refractivity contribution >= 4 is 34.6 Å². The number of nitrogens with one attached hydrogen (secondary N) is 4. The van der Waals surface area contributed by atoms with Crippen LogP contribution < -0.4 is 21.7 Å². The van der Waals surface area contributed by atoms with E-state index in [9.17, 15) is 34.5 Å². The Balaban J connectivity index is 1.82. The number of phenolic OH excluding ortho intramolecular Hbond substituents is 1. The molecule has 0 fully saturated rings. The summed E-state index contributed by atoms with van der Waals surface area (Å²) in [5, 5.41) is 38.2. The lowest BCUT2D eigenvalue weighted by atomic mass is 9.98. The maximum absolute atomic E-state index is 13.5. The molecule has 1 aromatic heterocycles. The summed E-state index contributed by atoms with van der Waals surface area (Å²) in [6, 6.07) is 8.35. The minimum absolute atomic E-state index is 0.00276. The third-order valence-electron chi connectivity index (χ3n) is 7.35. The van der Waals surface area contributed by atoms with Gasteiger partial charge in [0.2, 0.25) is 17.7 Å². The fourth-order valence-corrected chi connectivity index (χ4v) is 4.50. The van der Waals surface area contributed by atoms with Gasteiger partial charge < -0.3 is 42.0 Å². The van der Waals surface area contributed by atoms with Crippen LogP contribution in [0.25, 0.3) is 10.9 Å². The van der Waals surface area contributed by atoms with Gasteiger partial charge in [0.05, 0.1) is 12.1 Å². The number of aliphatic hydroxyl groups is 1. The van der Waals surface area contributed by atoms with E-state index >= 15 is 0 Å². The Labute approximate surface area is 243 Å². The second-order valence-corrected chi connectivity index (χ2v) is 10.5. The molecule has 0 aliphatic heterocycles. The number of rotatable bonds is 14. The number of carbonyl (C=O) groups excluding carboxylic acids is 3. The molecule has 12 heteroatoms. The predicted octanol–water partition coefficient (Wildman–Crippen LogP) is 0.952. The van der Waals surface area contributed by atoms with Gasteiger partial charge in [0.25, 0.3) is 0 Å². The highest BCUT2D eigenvalue weighted by Gasteiger charge is 2.33. The Bertz CT molecular complexity index is 1390. The number of hydrogen-bond donors (Lipinski definition) is 8. The third-order valence-corrected chi connectivity index (χ3v) is 7.35. The standard InChI is InChI=1S/C30H39N5O7/c1-4-16(2)25(31)28(39)35-26(17(3)36)29(40)33-23(13-18-9-11-20(37)12-10-18)27(38)34-24(30(41)42)14-19-15-32-22-8-6-5-7-21(19)22/h5-12,15-17,23-26,32,36-37H,4,13-14,31H2,1-3H3,(H,33,40)(H,34,38)(H,35,39)(H,41,42). The summed E-state index contributed by atoms with van der Waals surface area (Å²) in [7, 11) is 0. The minimum atomic E-state index is -1.43. The van der Waals surface area contributed by atoms with E-state index in [0.717, 1.165) is 10.9 Å². The summed E-state index contributed by atoms with van der Waals surface area (Å²) in [4.78, 5) is 54.7. The molecule has 6 atom stereocenters. The van der Waals surface area contributed by atoms with Crippen molar-refractivity contribution in [2.24, 2.45) is 11.7 Å². The molecular weight excluding hydrogens is 542 g/mol. The first-order chi connectivity index (χ1) is 19.9. The highest BCUT2D eigenvalue weighted by atomic mass is 16.4. The molecular formula is C30H39N5O7. The van der Waals surface area contributed by atoms with E-state index in [1.54, 1.807) is 25.3 Å². The predicted molar refractivity (Wildman–Crippen MR) is 156 cm³/mol. The summed E-state index contributed by atoms with van der Waals surface area (Å²) in [6.45, 7) is 4.97. The van der Waals surface area contributed by atoms with E-state index in [1.807, 2.05) is 31.2 Å². The molecule has 12 nitrogen and oxygen atoms in total. The van der Waals surface area contributed by atoms with Gasteiger partial charge in [0.1, 0.15) is 23.9 Å². The summed E-state index contributed by atoms with van der Waals surface area (Å²) < 4.78 is 0. The van der Waals surface area contributed by atoms with Crippen LogP contribution in [-0.4, -0.2) is 74.3 Å². The summed E-state index contributed by atoms with van der Waals surface area (Å²) >= 11 is 0. The molecule has 0 bridgehead atoms. The molecule has 42 heavy (non-hydrogen) atoms. The van der Waals surface area contributed by atoms with Crippen molar-refractivity contribution < 1.29 is 34.5 Å². The first kappa shape index (κ1) is 32.1. The van der Waals surface area contributed by atoms with E-state index in [4.69, 9.17) is 5.73 Å². The minimum Gasteiger partial charge on any atom is -0.508 e. The maximum atomic E-state index is 13.5. The fraction of sp³-hybridized carbons (Fsp3) is 0.400. The smallest absolute Gasteiger partial charge is 0.326 e. The number of aliphatic carboxylic acids is 1. The molecule has 2 aromatic carbocycles. The number of amides is 3. The van der Waals surface area contributed by atoms with Gasteiger partial charge in [-0.3, -0.25) is 14.4 Å². The first-order valence-corrected chi connectivity index (χ1v) is 13.8. The largest absolute Gasteiger partial charge is 0.508 e. The van der Waals surface area contributed by atoms with Gasteiger partial charge in [-0.1, -0.05) is 50.6 Å². The number of nitrogens with two attached hydrogens (primary N) is 1. The Hall–Kier alpha value is -4.42.